The molecule has 8 heteroatoms. The quantitative estimate of drug-likeness (QED) is 0.418. The van der Waals surface area contributed by atoms with E-state index in [1.165, 1.54) is 11.1 Å². The first kappa shape index (κ1) is 22.0. The van der Waals surface area contributed by atoms with E-state index in [0.717, 1.165) is 59.4 Å². The Bertz CT molecular complexity index is 1610. The maximum atomic E-state index is 13.4. The predicted molar refractivity (Wildman–Crippen MR) is 142 cm³/mol. The van der Waals surface area contributed by atoms with Crippen LogP contribution >= 0.6 is 0 Å². The molecule has 0 spiro atoms. The molecule has 0 saturated carbocycles. The molecule has 3 aromatic carbocycles. The first-order valence-electron chi connectivity index (χ1n) is 12.9. The van der Waals surface area contributed by atoms with Crippen molar-refractivity contribution in [2.75, 3.05) is 22.9 Å². The minimum absolute atomic E-state index is 0.165. The number of imidazole rings is 1. The van der Waals surface area contributed by atoms with Gasteiger partial charge in [0, 0.05) is 30.5 Å². The van der Waals surface area contributed by atoms with E-state index in [4.69, 9.17) is 4.98 Å². The van der Waals surface area contributed by atoms with E-state index >= 15 is 0 Å². The fourth-order valence-electron chi connectivity index (χ4n) is 6.28. The van der Waals surface area contributed by atoms with Gasteiger partial charge in [-0.05, 0) is 72.9 Å². The Hall–Kier alpha value is -4.20. The Kier molecular flexibility index (Phi) is 4.86. The van der Waals surface area contributed by atoms with E-state index in [0.29, 0.717) is 17.9 Å². The summed E-state index contributed by atoms with van der Waals surface area (Å²) in [6.45, 7) is 3.88. The minimum Gasteiger partial charge on any atom is -0.342 e. The highest BCUT2D eigenvalue weighted by Gasteiger charge is 2.41. The maximum Gasteiger partial charge on any atom is 0.259 e. The number of H-pyrrole nitrogens is 1. The number of piperidine rings is 2. The second-order valence-electron chi connectivity index (χ2n) is 10.4. The Morgan fingerprint density at radius 2 is 1.81 bits per heavy atom. The van der Waals surface area contributed by atoms with E-state index in [2.05, 4.69) is 52.5 Å². The molecule has 0 radical (unpaired) electrons. The van der Waals surface area contributed by atoms with Crippen molar-refractivity contribution in [1.29, 1.82) is 0 Å². The number of aryl methyl sites for hydroxylation is 1. The Morgan fingerprint density at radius 1 is 0.973 bits per heavy atom. The van der Waals surface area contributed by atoms with Gasteiger partial charge in [-0.2, -0.15) is 0 Å². The predicted octanol–water partition coefficient (Wildman–Crippen LogP) is 4.17. The molecular weight excluding hydrogens is 466 g/mol. The summed E-state index contributed by atoms with van der Waals surface area (Å²) in [4.78, 5) is 49.9. The number of anilines is 2. The van der Waals surface area contributed by atoms with Gasteiger partial charge in [0.05, 0.1) is 16.7 Å². The lowest BCUT2D eigenvalue weighted by Gasteiger charge is -2.33. The van der Waals surface area contributed by atoms with Crippen LogP contribution in [-0.4, -0.2) is 46.8 Å². The minimum atomic E-state index is -0.664. The number of imide groups is 1. The lowest BCUT2D eigenvalue weighted by molar-refractivity contribution is -0.134. The number of aromatic amines is 1. The third-order valence-electron chi connectivity index (χ3n) is 8.14. The first-order chi connectivity index (χ1) is 18.0. The van der Waals surface area contributed by atoms with E-state index in [1.54, 1.807) is 4.90 Å². The number of fused-ring (bicyclic) bond motifs is 1. The van der Waals surface area contributed by atoms with Crippen molar-refractivity contribution in [2.24, 2.45) is 0 Å². The van der Waals surface area contributed by atoms with Crippen molar-refractivity contribution >= 4 is 51.2 Å². The molecule has 37 heavy (non-hydrogen) atoms. The lowest BCUT2D eigenvalue weighted by Crippen LogP contribution is -2.53. The number of carbonyl (C=O) groups is 3. The van der Waals surface area contributed by atoms with Crippen LogP contribution in [0.5, 0.6) is 0 Å². The van der Waals surface area contributed by atoms with Crippen LogP contribution in [0, 0.1) is 6.92 Å². The van der Waals surface area contributed by atoms with Crippen LogP contribution in [0.15, 0.2) is 48.5 Å². The molecule has 4 heterocycles. The molecule has 186 valence electrons. The smallest absolute Gasteiger partial charge is 0.259 e. The molecule has 2 N–H and O–H groups in total. The van der Waals surface area contributed by atoms with Gasteiger partial charge in [0.25, 0.3) is 5.91 Å². The highest BCUT2D eigenvalue weighted by Crippen LogP contribution is 2.44. The average Bonchev–Trinajstić information content (AvgIpc) is 3.44. The molecule has 0 aliphatic carbocycles. The molecule has 2 fully saturated rings. The van der Waals surface area contributed by atoms with Gasteiger partial charge in [0.2, 0.25) is 17.8 Å². The number of hydrogen-bond donors (Lipinski definition) is 2. The van der Waals surface area contributed by atoms with Crippen molar-refractivity contribution in [3.05, 3.63) is 65.2 Å². The zero-order valence-electron chi connectivity index (χ0n) is 20.6. The van der Waals surface area contributed by atoms with Crippen LogP contribution < -0.4 is 15.1 Å². The van der Waals surface area contributed by atoms with Gasteiger partial charge in [0.15, 0.2) is 0 Å². The van der Waals surface area contributed by atoms with Gasteiger partial charge in [-0.25, -0.2) is 4.98 Å². The number of rotatable bonds is 3. The number of carbonyl (C=O) groups excluding carboxylic acids is 3. The van der Waals surface area contributed by atoms with Gasteiger partial charge in [-0.3, -0.25) is 24.6 Å². The fraction of sp³-hybridized carbons (Fsp3) is 0.310. The van der Waals surface area contributed by atoms with Gasteiger partial charge in [-0.15, -0.1) is 0 Å². The topological polar surface area (TPSA) is 98.4 Å². The van der Waals surface area contributed by atoms with Crippen molar-refractivity contribution < 1.29 is 14.4 Å². The standard InChI is InChI=1S/C29H27N5O3/c1-16-5-7-21-22(15-16)31-29(30-21)33-13-11-17(12-14-33)18-6-8-23-26-19(18)3-2-4-20(26)28(37)34(23)24-9-10-25(35)32-27(24)36/h2-8,15,17,24H,9-14H2,1H3,(H,30,31)(H,32,35,36). The average molecular weight is 494 g/mol. The third kappa shape index (κ3) is 3.43. The molecular formula is C29H27N5O3. The highest BCUT2D eigenvalue weighted by atomic mass is 16.2. The van der Waals surface area contributed by atoms with Crippen molar-refractivity contribution in [1.82, 2.24) is 15.3 Å². The molecule has 3 aliphatic heterocycles. The molecule has 1 unspecified atom stereocenters. The van der Waals surface area contributed by atoms with Crippen molar-refractivity contribution in [2.45, 2.75) is 44.6 Å². The van der Waals surface area contributed by atoms with Crippen LogP contribution in [0.25, 0.3) is 21.8 Å². The normalized spacial score (nSPS) is 20.4. The zero-order chi connectivity index (χ0) is 25.3. The number of nitrogens with zero attached hydrogens (tertiary/aromatic N) is 3. The monoisotopic (exact) mass is 493 g/mol. The molecule has 2 saturated heterocycles. The van der Waals surface area contributed by atoms with Gasteiger partial charge in [-0.1, -0.05) is 24.3 Å². The van der Waals surface area contributed by atoms with Gasteiger partial charge in [0.1, 0.15) is 6.04 Å². The largest absolute Gasteiger partial charge is 0.342 e. The SMILES string of the molecule is Cc1ccc2nc(N3CCC(c4ccc5c6c(cccc46)C(=O)N5C4CCC(=O)NC4=O)CC3)[nH]c2c1. The van der Waals surface area contributed by atoms with Crippen LogP contribution in [0.2, 0.25) is 0 Å². The third-order valence-corrected chi connectivity index (χ3v) is 8.14. The molecule has 4 aromatic rings. The highest BCUT2D eigenvalue weighted by molar-refractivity contribution is 6.27. The molecule has 3 amide bonds. The summed E-state index contributed by atoms with van der Waals surface area (Å²) in [6, 6.07) is 15.6. The van der Waals surface area contributed by atoms with Gasteiger partial charge >= 0.3 is 0 Å². The van der Waals surface area contributed by atoms with Crippen LogP contribution in [0.1, 0.15) is 53.1 Å². The number of nitrogens with one attached hydrogen (secondary N) is 2. The molecule has 8 nitrogen and oxygen atoms in total. The van der Waals surface area contributed by atoms with Crippen molar-refractivity contribution in [3.63, 3.8) is 0 Å². The van der Waals surface area contributed by atoms with E-state index in [1.807, 2.05) is 18.2 Å². The Labute approximate surface area is 213 Å². The molecule has 0 bridgehead atoms. The molecule has 7 rings (SSSR count). The first-order valence-corrected chi connectivity index (χ1v) is 12.9. The summed E-state index contributed by atoms with van der Waals surface area (Å²) < 4.78 is 0. The zero-order valence-corrected chi connectivity index (χ0v) is 20.6. The lowest BCUT2D eigenvalue weighted by atomic mass is 9.85. The summed E-state index contributed by atoms with van der Waals surface area (Å²) in [5.74, 6) is 0.441. The molecule has 1 aromatic heterocycles. The van der Waals surface area contributed by atoms with E-state index in [9.17, 15) is 14.4 Å². The molecule has 1 atom stereocenters. The van der Waals surface area contributed by atoms with Crippen LogP contribution in [-0.2, 0) is 9.59 Å². The number of hydrogen-bond acceptors (Lipinski definition) is 5. The van der Waals surface area contributed by atoms with Crippen LogP contribution in [0.3, 0.4) is 0 Å². The number of benzene rings is 3. The van der Waals surface area contributed by atoms with E-state index in [-0.39, 0.29) is 18.2 Å². The summed E-state index contributed by atoms with van der Waals surface area (Å²) in [7, 11) is 0. The van der Waals surface area contributed by atoms with Crippen molar-refractivity contribution in [3.8, 4) is 0 Å². The summed E-state index contributed by atoms with van der Waals surface area (Å²) in [5, 5.41) is 4.39. The van der Waals surface area contributed by atoms with E-state index < -0.39 is 11.9 Å². The summed E-state index contributed by atoms with van der Waals surface area (Å²) >= 11 is 0. The number of amides is 3. The Balaban J connectivity index is 1.17. The van der Waals surface area contributed by atoms with Crippen LogP contribution in [0.4, 0.5) is 11.6 Å². The summed E-state index contributed by atoms with van der Waals surface area (Å²) in [5.41, 5.74) is 5.91. The van der Waals surface area contributed by atoms with Gasteiger partial charge < -0.3 is 9.88 Å². The maximum absolute atomic E-state index is 13.4. The fourth-order valence-corrected chi connectivity index (χ4v) is 6.28. The summed E-state index contributed by atoms with van der Waals surface area (Å²) in [6.07, 6.45) is 2.55. The molecule has 3 aliphatic rings. The Morgan fingerprint density at radius 3 is 2.62 bits per heavy atom. The second-order valence-corrected chi connectivity index (χ2v) is 10.4. The second kappa shape index (κ2) is 8.16. The number of aromatic nitrogens is 2.